The number of hydrogen-bond donors (Lipinski definition) is 0. The van der Waals surface area contributed by atoms with Gasteiger partial charge in [0.15, 0.2) is 0 Å². The first-order chi connectivity index (χ1) is 11.4. The third kappa shape index (κ3) is 4.34. The highest BCUT2D eigenvalue weighted by atomic mass is 35.5. The summed E-state index contributed by atoms with van der Waals surface area (Å²) in [6.45, 7) is 3.81. The summed E-state index contributed by atoms with van der Waals surface area (Å²) < 4.78 is 5.57. The SMILES string of the molecule is CC(C)Oc1ccc(/C=C(/C#N)c2cccc([N+](=O)[O-])c2)cc1Cl. The molecule has 0 radical (unpaired) electrons. The van der Waals surface area contributed by atoms with Crippen LogP contribution < -0.4 is 4.74 Å². The summed E-state index contributed by atoms with van der Waals surface area (Å²) in [5, 5.41) is 20.7. The Bertz CT molecular complexity index is 838. The summed E-state index contributed by atoms with van der Waals surface area (Å²) in [7, 11) is 0. The maximum atomic E-state index is 10.9. The molecule has 0 spiro atoms. The molecule has 5 nitrogen and oxygen atoms in total. The zero-order valence-electron chi connectivity index (χ0n) is 13.2. The van der Waals surface area contributed by atoms with Crippen molar-refractivity contribution in [2.75, 3.05) is 0 Å². The monoisotopic (exact) mass is 342 g/mol. The van der Waals surface area contributed by atoms with Gasteiger partial charge in [-0.3, -0.25) is 10.1 Å². The van der Waals surface area contributed by atoms with Gasteiger partial charge in [-0.05, 0) is 43.2 Å². The number of benzene rings is 2. The Kier molecular flexibility index (Phi) is 5.56. The van der Waals surface area contributed by atoms with Gasteiger partial charge in [0.25, 0.3) is 5.69 Å². The number of nitrogens with zero attached hydrogens (tertiary/aromatic N) is 2. The van der Waals surface area contributed by atoms with E-state index in [1.165, 1.54) is 12.1 Å². The van der Waals surface area contributed by atoms with Crippen molar-refractivity contribution in [3.05, 3.63) is 68.7 Å². The summed E-state index contributed by atoms with van der Waals surface area (Å²) in [5.41, 5.74) is 1.43. The van der Waals surface area contributed by atoms with Gasteiger partial charge >= 0.3 is 0 Å². The van der Waals surface area contributed by atoms with Crippen LogP contribution in [0.2, 0.25) is 5.02 Å². The highest BCUT2D eigenvalue weighted by molar-refractivity contribution is 6.32. The molecule has 0 bridgehead atoms. The van der Waals surface area contributed by atoms with Crippen LogP contribution in [0.3, 0.4) is 0 Å². The predicted octanol–water partition coefficient (Wildman–Crippen LogP) is 5.10. The topological polar surface area (TPSA) is 76.2 Å². The number of nitriles is 1. The van der Waals surface area contributed by atoms with Crippen LogP contribution in [0.4, 0.5) is 5.69 Å². The van der Waals surface area contributed by atoms with Crippen LogP contribution in [0.15, 0.2) is 42.5 Å². The van der Waals surface area contributed by atoms with E-state index in [-0.39, 0.29) is 11.8 Å². The molecule has 2 rings (SSSR count). The van der Waals surface area contributed by atoms with Crippen molar-refractivity contribution in [3.8, 4) is 11.8 Å². The number of allylic oxidation sites excluding steroid dienone is 1. The number of nitro groups is 1. The van der Waals surface area contributed by atoms with E-state index in [0.29, 0.717) is 27.5 Å². The molecule has 2 aromatic carbocycles. The van der Waals surface area contributed by atoms with Gasteiger partial charge in [-0.15, -0.1) is 0 Å². The lowest BCUT2D eigenvalue weighted by Gasteiger charge is -2.11. The Balaban J connectivity index is 2.37. The van der Waals surface area contributed by atoms with E-state index < -0.39 is 4.92 Å². The van der Waals surface area contributed by atoms with Crippen molar-refractivity contribution in [1.29, 1.82) is 5.26 Å². The van der Waals surface area contributed by atoms with Crippen molar-refractivity contribution in [3.63, 3.8) is 0 Å². The minimum Gasteiger partial charge on any atom is -0.489 e. The molecule has 0 N–H and O–H groups in total. The van der Waals surface area contributed by atoms with Crippen LogP contribution in [0.25, 0.3) is 11.6 Å². The van der Waals surface area contributed by atoms with Crippen LogP contribution in [0.1, 0.15) is 25.0 Å². The van der Waals surface area contributed by atoms with Gasteiger partial charge in [0.1, 0.15) is 5.75 Å². The predicted molar refractivity (Wildman–Crippen MR) is 93.8 cm³/mol. The lowest BCUT2D eigenvalue weighted by atomic mass is 10.0. The average molecular weight is 343 g/mol. The van der Waals surface area contributed by atoms with Gasteiger partial charge in [0.05, 0.1) is 27.7 Å². The summed E-state index contributed by atoms with van der Waals surface area (Å²) in [6.07, 6.45) is 1.63. The van der Waals surface area contributed by atoms with E-state index in [1.54, 1.807) is 36.4 Å². The summed E-state index contributed by atoms with van der Waals surface area (Å²) in [4.78, 5) is 10.4. The highest BCUT2D eigenvalue weighted by Crippen LogP contribution is 2.29. The van der Waals surface area contributed by atoms with Gasteiger partial charge in [0, 0.05) is 12.1 Å². The normalized spacial score (nSPS) is 11.2. The Morgan fingerprint density at radius 3 is 2.67 bits per heavy atom. The zero-order chi connectivity index (χ0) is 17.7. The number of nitro benzene ring substituents is 1. The third-order valence-electron chi connectivity index (χ3n) is 3.12. The molecule has 0 aliphatic heterocycles. The quantitative estimate of drug-likeness (QED) is 0.328. The molecule has 0 saturated carbocycles. The fraction of sp³-hybridized carbons (Fsp3) is 0.167. The van der Waals surface area contributed by atoms with E-state index >= 15 is 0 Å². The standard InChI is InChI=1S/C18H15ClN2O3/c1-12(2)24-18-7-6-13(9-17(18)19)8-15(11-20)14-4-3-5-16(10-14)21(22)23/h3-10,12H,1-2H3/b15-8-. The molecular formula is C18H15ClN2O3. The van der Waals surface area contributed by atoms with E-state index in [1.807, 2.05) is 13.8 Å². The van der Waals surface area contributed by atoms with E-state index in [9.17, 15) is 15.4 Å². The highest BCUT2D eigenvalue weighted by Gasteiger charge is 2.10. The van der Waals surface area contributed by atoms with Crippen LogP contribution in [0, 0.1) is 21.4 Å². The van der Waals surface area contributed by atoms with Crippen LogP contribution >= 0.6 is 11.6 Å². The molecule has 0 aliphatic rings. The second-order valence-electron chi connectivity index (χ2n) is 5.33. The molecule has 0 saturated heterocycles. The van der Waals surface area contributed by atoms with Crippen molar-refractivity contribution in [2.45, 2.75) is 20.0 Å². The Labute approximate surface area is 144 Å². The zero-order valence-corrected chi connectivity index (χ0v) is 13.9. The van der Waals surface area contributed by atoms with E-state index in [4.69, 9.17) is 16.3 Å². The molecule has 122 valence electrons. The summed E-state index contributed by atoms with van der Waals surface area (Å²) in [5.74, 6) is 0.567. The third-order valence-corrected chi connectivity index (χ3v) is 3.41. The van der Waals surface area contributed by atoms with E-state index in [0.717, 1.165) is 0 Å². The number of rotatable bonds is 5. The molecule has 0 unspecified atom stereocenters. The molecule has 0 aliphatic carbocycles. The van der Waals surface area contributed by atoms with Crippen molar-refractivity contribution in [2.24, 2.45) is 0 Å². The smallest absolute Gasteiger partial charge is 0.270 e. The molecule has 0 amide bonds. The van der Waals surface area contributed by atoms with Crippen LogP contribution in [0.5, 0.6) is 5.75 Å². The Hall–Kier alpha value is -2.84. The lowest BCUT2D eigenvalue weighted by molar-refractivity contribution is -0.384. The van der Waals surface area contributed by atoms with E-state index in [2.05, 4.69) is 6.07 Å². The second kappa shape index (κ2) is 7.62. The lowest BCUT2D eigenvalue weighted by Crippen LogP contribution is -2.05. The first kappa shape index (κ1) is 17.5. The fourth-order valence-corrected chi connectivity index (χ4v) is 2.32. The number of non-ortho nitro benzene ring substituents is 1. The molecule has 6 heteroatoms. The second-order valence-corrected chi connectivity index (χ2v) is 5.74. The Morgan fingerprint density at radius 1 is 1.33 bits per heavy atom. The van der Waals surface area contributed by atoms with Crippen molar-refractivity contribution in [1.82, 2.24) is 0 Å². The van der Waals surface area contributed by atoms with Gasteiger partial charge in [-0.2, -0.15) is 5.26 Å². The minimum absolute atomic E-state index is 0.00318. The number of halogens is 1. The van der Waals surface area contributed by atoms with Crippen LogP contribution in [-0.4, -0.2) is 11.0 Å². The molecular weight excluding hydrogens is 328 g/mol. The largest absolute Gasteiger partial charge is 0.489 e. The van der Waals surface area contributed by atoms with Crippen molar-refractivity contribution >= 4 is 28.9 Å². The molecule has 0 aromatic heterocycles. The molecule has 0 heterocycles. The maximum absolute atomic E-state index is 10.9. The maximum Gasteiger partial charge on any atom is 0.270 e. The van der Waals surface area contributed by atoms with Gasteiger partial charge in [-0.1, -0.05) is 29.8 Å². The number of hydrogen-bond acceptors (Lipinski definition) is 4. The van der Waals surface area contributed by atoms with Crippen molar-refractivity contribution < 1.29 is 9.66 Å². The first-order valence-electron chi connectivity index (χ1n) is 7.23. The van der Waals surface area contributed by atoms with Crippen LogP contribution in [-0.2, 0) is 0 Å². The van der Waals surface area contributed by atoms with Gasteiger partial charge in [-0.25, -0.2) is 0 Å². The number of ether oxygens (including phenoxy) is 1. The average Bonchev–Trinajstić information content (AvgIpc) is 2.54. The molecule has 2 aromatic rings. The fourth-order valence-electron chi connectivity index (χ4n) is 2.09. The molecule has 0 fully saturated rings. The summed E-state index contributed by atoms with van der Waals surface area (Å²) in [6, 6.07) is 13.2. The molecule has 24 heavy (non-hydrogen) atoms. The minimum atomic E-state index is -0.493. The first-order valence-corrected chi connectivity index (χ1v) is 7.61. The molecule has 0 atom stereocenters. The summed E-state index contributed by atoms with van der Waals surface area (Å²) >= 11 is 6.19. The Morgan fingerprint density at radius 2 is 2.08 bits per heavy atom. The van der Waals surface area contributed by atoms with Gasteiger partial charge < -0.3 is 4.74 Å². The van der Waals surface area contributed by atoms with Gasteiger partial charge in [0.2, 0.25) is 0 Å².